The lowest BCUT2D eigenvalue weighted by Crippen LogP contribution is -2.12. The van der Waals surface area contributed by atoms with Crippen LogP contribution in [0.1, 0.15) is 12.0 Å². The molecule has 132 valence electrons. The number of carbonyl (C=O) groups is 1. The van der Waals surface area contributed by atoms with Gasteiger partial charge >= 0.3 is 0 Å². The van der Waals surface area contributed by atoms with E-state index in [9.17, 15) is 4.79 Å². The number of anilines is 3. The maximum Gasteiger partial charge on any atom is 0.224 e. The summed E-state index contributed by atoms with van der Waals surface area (Å²) < 4.78 is 5.14. The lowest BCUT2D eigenvalue weighted by atomic mass is 10.1. The minimum atomic E-state index is -0.0217. The summed E-state index contributed by atoms with van der Waals surface area (Å²) in [5.74, 6) is 1.49. The highest BCUT2D eigenvalue weighted by atomic mass is 16.5. The normalized spacial score (nSPS) is 10.2. The Bertz CT molecular complexity index is 831. The van der Waals surface area contributed by atoms with Crippen LogP contribution in [0.3, 0.4) is 0 Å². The summed E-state index contributed by atoms with van der Waals surface area (Å²) in [7, 11) is 1.64. The van der Waals surface area contributed by atoms with Gasteiger partial charge in [-0.2, -0.15) is 0 Å². The maximum atomic E-state index is 12.1. The van der Waals surface area contributed by atoms with E-state index in [-0.39, 0.29) is 5.91 Å². The second-order valence-corrected chi connectivity index (χ2v) is 5.82. The van der Waals surface area contributed by atoms with Crippen LogP contribution in [0.2, 0.25) is 0 Å². The van der Waals surface area contributed by atoms with Gasteiger partial charge in [-0.1, -0.05) is 30.3 Å². The minimum absolute atomic E-state index is 0.0217. The van der Waals surface area contributed by atoms with Crippen molar-refractivity contribution >= 4 is 23.1 Å². The van der Waals surface area contributed by atoms with Gasteiger partial charge in [-0.25, -0.2) is 4.98 Å². The van der Waals surface area contributed by atoms with Gasteiger partial charge in [-0.3, -0.25) is 4.79 Å². The number of amides is 1. The summed E-state index contributed by atoms with van der Waals surface area (Å²) >= 11 is 0. The van der Waals surface area contributed by atoms with E-state index in [0.29, 0.717) is 17.9 Å². The van der Waals surface area contributed by atoms with Crippen LogP contribution in [-0.4, -0.2) is 18.0 Å². The quantitative estimate of drug-likeness (QED) is 0.665. The number of nitrogens with zero attached hydrogens (tertiary/aromatic N) is 1. The third-order valence-corrected chi connectivity index (χ3v) is 3.89. The summed E-state index contributed by atoms with van der Waals surface area (Å²) in [5.41, 5.74) is 2.75. The largest absolute Gasteiger partial charge is 0.497 e. The molecule has 0 spiro atoms. The summed E-state index contributed by atoms with van der Waals surface area (Å²) in [5, 5.41) is 6.08. The molecule has 1 heterocycles. The Labute approximate surface area is 153 Å². The number of hydrogen-bond acceptors (Lipinski definition) is 4. The van der Waals surface area contributed by atoms with Crippen LogP contribution in [-0.2, 0) is 11.2 Å². The standard InChI is InChI=1S/C21H21N3O2/c1-26-19-11-8-17(9-12-19)23-20-13-10-18(15-22-20)24-21(25)14-7-16-5-3-2-4-6-16/h2-6,8-13,15H,7,14H2,1H3,(H,22,23)(H,24,25). The highest BCUT2D eigenvalue weighted by Gasteiger charge is 2.04. The van der Waals surface area contributed by atoms with Crippen LogP contribution in [0.4, 0.5) is 17.2 Å². The first-order valence-corrected chi connectivity index (χ1v) is 8.44. The number of pyridine rings is 1. The second-order valence-electron chi connectivity index (χ2n) is 5.82. The van der Waals surface area contributed by atoms with E-state index >= 15 is 0 Å². The smallest absolute Gasteiger partial charge is 0.224 e. The van der Waals surface area contributed by atoms with Gasteiger partial charge in [-0.15, -0.1) is 0 Å². The number of benzene rings is 2. The van der Waals surface area contributed by atoms with Crippen molar-refractivity contribution in [2.45, 2.75) is 12.8 Å². The number of carbonyl (C=O) groups excluding carboxylic acids is 1. The van der Waals surface area contributed by atoms with E-state index in [2.05, 4.69) is 15.6 Å². The number of aryl methyl sites for hydroxylation is 1. The molecule has 0 saturated carbocycles. The molecule has 0 radical (unpaired) electrons. The predicted octanol–water partition coefficient (Wildman–Crippen LogP) is 4.41. The van der Waals surface area contributed by atoms with Crippen molar-refractivity contribution in [3.05, 3.63) is 78.5 Å². The fourth-order valence-corrected chi connectivity index (χ4v) is 2.49. The molecule has 0 atom stereocenters. The molecule has 0 unspecified atom stereocenters. The molecular weight excluding hydrogens is 326 g/mol. The van der Waals surface area contributed by atoms with Crippen LogP contribution >= 0.6 is 0 Å². The zero-order valence-corrected chi connectivity index (χ0v) is 14.6. The fourth-order valence-electron chi connectivity index (χ4n) is 2.49. The molecule has 0 aliphatic rings. The van der Waals surface area contributed by atoms with Gasteiger partial charge in [0.15, 0.2) is 0 Å². The van der Waals surface area contributed by atoms with Crippen LogP contribution in [0.5, 0.6) is 5.75 Å². The molecule has 0 bridgehead atoms. The number of rotatable bonds is 7. The molecule has 2 N–H and O–H groups in total. The number of ether oxygens (including phenoxy) is 1. The van der Waals surface area contributed by atoms with E-state index in [4.69, 9.17) is 4.74 Å². The molecule has 5 heteroatoms. The average Bonchev–Trinajstić information content (AvgIpc) is 2.69. The molecule has 26 heavy (non-hydrogen) atoms. The molecule has 0 fully saturated rings. The topological polar surface area (TPSA) is 63.2 Å². The molecule has 1 amide bonds. The Morgan fingerprint density at radius 2 is 1.69 bits per heavy atom. The lowest BCUT2D eigenvalue weighted by Gasteiger charge is -2.08. The molecule has 2 aromatic carbocycles. The van der Waals surface area contributed by atoms with E-state index in [0.717, 1.165) is 23.4 Å². The van der Waals surface area contributed by atoms with Crippen LogP contribution in [0, 0.1) is 0 Å². The highest BCUT2D eigenvalue weighted by Crippen LogP contribution is 2.19. The Morgan fingerprint density at radius 1 is 0.962 bits per heavy atom. The van der Waals surface area contributed by atoms with Crippen molar-refractivity contribution in [3.63, 3.8) is 0 Å². The Morgan fingerprint density at radius 3 is 2.35 bits per heavy atom. The van der Waals surface area contributed by atoms with Gasteiger partial charge in [-0.05, 0) is 48.4 Å². The van der Waals surface area contributed by atoms with Crippen molar-refractivity contribution in [2.24, 2.45) is 0 Å². The van der Waals surface area contributed by atoms with E-state index in [1.807, 2.05) is 66.7 Å². The van der Waals surface area contributed by atoms with Crippen molar-refractivity contribution in [1.82, 2.24) is 4.98 Å². The molecule has 3 rings (SSSR count). The summed E-state index contributed by atoms with van der Waals surface area (Å²) in [4.78, 5) is 16.4. The monoisotopic (exact) mass is 347 g/mol. The third-order valence-electron chi connectivity index (χ3n) is 3.89. The number of aromatic nitrogens is 1. The SMILES string of the molecule is COc1ccc(Nc2ccc(NC(=O)CCc3ccccc3)cn2)cc1. The Kier molecular flexibility index (Phi) is 5.83. The van der Waals surface area contributed by atoms with Crippen molar-refractivity contribution in [1.29, 1.82) is 0 Å². The number of nitrogens with one attached hydrogen (secondary N) is 2. The van der Waals surface area contributed by atoms with Crippen molar-refractivity contribution in [2.75, 3.05) is 17.7 Å². The van der Waals surface area contributed by atoms with Gasteiger partial charge in [0.2, 0.25) is 5.91 Å². The zero-order valence-electron chi connectivity index (χ0n) is 14.6. The van der Waals surface area contributed by atoms with Crippen LogP contribution in [0.25, 0.3) is 0 Å². The van der Waals surface area contributed by atoms with E-state index in [1.54, 1.807) is 13.3 Å². The van der Waals surface area contributed by atoms with E-state index in [1.165, 1.54) is 0 Å². The van der Waals surface area contributed by atoms with Gasteiger partial charge in [0.1, 0.15) is 11.6 Å². The Hall–Kier alpha value is -3.34. The number of methoxy groups -OCH3 is 1. The summed E-state index contributed by atoms with van der Waals surface area (Å²) in [6, 6.07) is 21.2. The summed E-state index contributed by atoms with van der Waals surface area (Å²) in [6.45, 7) is 0. The first kappa shape index (κ1) is 17.5. The second kappa shape index (κ2) is 8.67. The van der Waals surface area contributed by atoms with Crippen molar-refractivity contribution < 1.29 is 9.53 Å². The molecule has 0 saturated heterocycles. The molecule has 5 nitrogen and oxygen atoms in total. The predicted molar refractivity (Wildman–Crippen MR) is 104 cm³/mol. The van der Waals surface area contributed by atoms with Crippen molar-refractivity contribution in [3.8, 4) is 5.75 Å². The Balaban J connectivity index is 1.51. The highest BCUT2D eigenvalue weighted by molar-refractivity contribution is 5.90. The van der Waals surface area contributed by atoms with Gasteiger partial charge in [0.05, 0.1) is 19.0 Å². The molecular formula is C21H21N3O2. The van der Waals surface area contributed by atoms with Gasteiger partial charge in [0.25, 0.3) is 0 Å². The first-order chi connectivity index (χ1) is 12.7. The van der Waals surface area contributed by atoms with Gasteiger partial charge < -0.3 is 15.4 Å². The van der Waals surface area contributed by atoms with Crippen LogP contribution < -0.4 is 15.4 Å². The van der Waals surface area contributed by atoms with Gasteiger partial charge in [0, 0.05) is 12.1 Å². The zero-order chi connectivity index (χ0) is 18.2. The molecule has 0 aliphatic heterocycles. The number of hydrogen-bond donors (Lipinski definition) is 2. The lowest BCUT2D eigenvalue weighted by molar-refractivity contribution is -0.116. The average molecular weight is 347 g/mol. The van der Waals surface area contributed by atoms with Crippen LogP contribution in [0.15, 0.2) is 72.9 Å². The van der Waals surface area contributed by atoms with E-state index < -0.39 is 0 Å². The first-order valence-electron chi connectivity index (χ1n) is 8.44. The third kappa shape index (κ3) is 5.08. The summed E-state index contributed by atoms with van der Waals surface area (Å²) in [6.07, 6.45) is 2.80. The fraction of sp³-hybridized carbons (Fsp3) is 0.143. The molecule has 3 aromatic rings. The molecule has 0 aliphatic carbocycles. The minimum Gasteiger partial charge on any atom is -0.497 e. The molecule has 1 aromatic heterocycles. The maximum absolute atomic E-state index is 12.1.